The number of rotatable bonds is 2. The number of aromatic nitrogens is 5. The third kappa shape index (κ3) is 3.14. The molecule has 1 fully saturated rings. The van der Waals surface area contributed by atoms with Crippen molar-refractivity contribution in [1.29, 1.82) is 0 Å². The van der Waals surface area contributed by atoms with E-state index in [1.165, 1.54) is 17.0 Å². The predicted octanol–water partition coefficient (Wildman–Crippen LogP) is 0.971. The molecule has 1 aliphatic rings. The third-order valence-corrected chi connectivity index (χ3v) is 4.49. The average molecular weight is 369 g/mol. The molecule has 0 bridgehead atoms. The summed E-state index contributed by atoms with van der Waals surface area (Å²) in [6.07, 6.45) is 2.42. The van der Waals surface area contributed by atoms with Gasteiger partial charge in [0.25, 0.3) is 0 Å². The van der Waals surface area contributed by atoms with Gasteiger partial charge in [0.2, 0.25) is 11.8 Å². The maximum atomic E-state index is 12.7. The Hall–Kier alpha value is -3.27. The second-order valence-electron chi connectivity index (χ2n) is 6.41. The minimum absolute atomic E-state index is 0.0673. The lowest BCUT2D eigenvalue weighted by Crippen LogP contribution is -2.48. The zero-order valence-electron chi connectivity index (χ0n) is 15.0. The van der Waals surface area contributed by atoms with Gasteiger partial charge >= 0.3 is 6.09 Å². The molecule has 0 spiro atoms. The zero-order valence-corrected chi connectivity index (χ0v) is 15.0. The van der Waals surface area contributed by atoms with Gasteiger partial charge in [-0.2, -0.15) is 5.10 Å². The number of hydrogen-bond acceptors (Lipinski definition) is 8. The maximum Gasteiger partial charge on any atom is 0.416 e. The Bertz CT molecular complexity index is 978. The molecular formula is C17H19N7O3. The van der Waals surface area contributed by atoms with Gasteiger partial charge in [0.1, 0.15) is 0 Å². The molecule has 1 N–H and O–H groups in total. The van der Waals surface area contributed by atoms with Crippen LogP contribution in [0, 0.1) is 6.92 Å². The molecule has 0 unspecified atom stereocenters. The number of aromatic hydroxyl groups is 1. The van der Waals surface area contributed by atoms with E-state index in [0.717, 1.165) is 18.8 Å². The zero-order chi connectivity index (χ0) is 19.0. The first-order valence-corrected chi connectivity index (χ1v) is 8.55. The lowest BCUT2D eigenvalue weighted by molar-refractivity contribution is 0.119. The number of aryl methyl sites for hydroxylation is 1. The number of ether oxygens (including phenoxy) is 1. The number of carbonyl (C=O) groups excluding carboxylic acids is 1. The molecule has 27 heavy (non-hydrogen) atoms. The molecule has 4 rings (SSSR count). The van der Waals surface area contributed by atoms with Crippen molar-refractivity contribution in [3.63, 3.8) is 0 Å². The molecule has 1 aliphatic heterocycles. The van der Waals surface area contributed by atoms with Crippen molar-refractivity contribution in [1.82, 2.24) is 34.5 Å². The van der Waals surface area contributed by atoms with Gasteiger partial charge < -0.3 is 19.6 Å². The highest BCUT2D eigenvalue weighted by atomic mass is 16.6. The third-order valence-electron chi connectivity index (χ3n) is 4.49. The molecule has 0 saturated carbocycles. The van der Waals surface area contributed by atoms with E-state index in [0.29, 0.717) is 18.9 Å². The quantitative estimate of drug-likeness (QED) is 0.712. The highest BCUT2D eigenvalue weighted by molar-refractivity contribution is 5.89. The van der Waals surface area contributed by atoms with Crippen LogP contribution in [0.1, 0.15) is 5.69 Å². The summed E-state index contributed by atoms with van der Waals surface area (Å²) in [4.78, 5) is 24.8. The Morgan fingerprint density at radius 1 is 1.07 bits per heavy atom. The van der Waals surface area contributed by atoms with E-state index in [1.54, 1.807) is 24.0 Å². The molecule has 1 amide bonds. The number of fused-ring (bicyclic) bond motifs is 1. The molecular weight excluding hydrogens is 350 g/mol. The van der Waals surface area contributed by atoms with Gasteiger partial charge in [-0.25, -0.2) is 19.3 Å². The Morgan fingerprint density at radius 3 is 2.44 bits per heavy atom. The standard InChI is InChI=1S/C17H19N7O3/c1-11-3-4-12(21-20-11)24-15(25)13-14(19-6-5-18-13)16(24)27-17(26)23-9-7-22(2)8-10-23/h3-6,25H,7-10H2,1-2H3. The second kappa shape index (κ2) is 6.80. The highest BCUT2D eigenvalue weighted by Crippen LogP contribution is 2.36. The summed E-state index contributed by atoms with van der Waals surface area (Å²) >= 11 is 0. The average Bonchev–Trinajstić information content (AvgIpc) is 2.95. The largest absolute Gasteiger partial charge is 0.493 e. The lowest BCUT2D eigenvalue weighted by Gasteiger charge is -2.31. The Kier molecular flexibility index (Phi) is 4.32. The van der Waals surface area contributed by atoms with Gasteiger partial charge in [-0.05, 0) is 26.1 Å². The van der Waals surface area contributed by atoms with Gasteiger partial charge in [-0.3, -0.25) is 0 Å². The number of piperazine rings is 1. The molecule has 10 nitrogen and oxygen atoms in total. The smallest absolute Gasteiger partial charge is 0.416 e. The van der Waals surface area contributed by atoms with Crippen LogP contribution in [0.3, 0.4) is 0 Å². The van der Waals surface area contributed by atoms with Crippen LogP contribution in [-0.4, -0.2) is 79.0 Å². The predicted molar refractivity (Wildman–Crippen MR) is 96.0 cm³/mol. The first kappa shape index (κ1) is 17.2. The minimum Gasteiger partial charge on any atom is -0.493 e. The summed E-state index contributed by atoms with van der Waals surface area (Å²) in [6, 6.07) is 3.42. The fourth-order valence-electron chi connectivity index (χ4n) is 2.92. The van der Waals surface area contributed by atoms with E-state index >= 15 is 0 Å². The first-order chi connectivity index (χ1) is 13.0. The van der Waals surface area contributed by atoms with E-state index < -0.39 is 6.09 Å². The summed E-state index contributed by atoms with van der Waals surface area (Å²) in [5.41, 5.74) is 1.23. The van der Waals surface area contributed by atoms with Gasteiger partial charge in [0.05, 0.1) is 5.69 Å². The van der Waals surface area contributed by atoms with E-state index in [4.69, 9.17) is 4.74 Å². The molecule has 0 aromatic carbocycles. The fraction of sp³-hybridized carbons (Fsp3) is 0.353. The molecule has 1 saturated heterocycles. The minimum atomic E-state index is -0.505. The normalized spacial score (nSPS) is 15.3. The fourth-order valence-corrected chi connectivity index (χ4v) is 2.92. The van der Waals surface area contributed by atoms with E-state index in [2.05, 4.69) is 25.1 Å². The Balaban J connectivity index is 1.75. The van der Waals surface area contributed by atoms with Gasteiger partial charge in [-0.15, -0.1) is 5.10 Å². The van der Waals surface area contributed by atoms with Crippen molar-refractivity contribution in [2.75, 3.05) is 33.2 Å². The molecule has 10 heteroatoms. The van der Waals surface area contributed by atoms with Crippen LogP contribution in [0.4, 0.5) is 4.79 Å². The van der Waals surface area contributed by atoms with Crippen LogP contribution in [-0.2, 0) is 0 Å². The van der Waals surface area contributed by atoms with E-state index in [-0.39, 0.29) is 22.8 Å². The Labute approximate surface area is 155 Å². The second-order valence-corrected chi connectivity index (χ2v) is 6.41. The van der Waals surface area contributed by atoms with Crippen molar-refractivity contribution >= 4 is 17.1 Å². The van der Waals surface area contributed by atoms with Crippen molar-refractivity contribution in [3.05, 3.63) is 30.2 Å². The molecule has 4 heterocycles. The number of amides is 1. The van der Waals surface area contributed by atoms with Crippen LogP contribution in [0.2, 0.25) is 0 Å². The number of nitrogens with zero attached hydrogens (tertiary/aromatic N) is 7. The molecule has 140 valence electrons. The first-order valence-electron chi connectivity index (χ1n) is 8.55. The van der Waals surface area contributed by atoms with Gasteiger partial charge in [-0.1, -0.05) is 0 Å². The van der Waals surface area contributed by atoms with E-state index in [9.17, 15) is 9.90 Å². The summed E-state index contributed by atoms with van der Waals surface area (Å²) in [7, 11) is 2.00. The van der Waals surface area contributed by atoms with Crippen LogP contribution in [0.15, 0.2) is 24.5 Å². The van der Waals surface area contributed by atoms with Crippen molar-refractivity contribution < 1.29 is 14.6 Å². The summed E-state index contributed by atoms with van der Waals surface area (Å²) in [5, 5.41) is 18.7. The molecule has 0 atom stereocenters. The SMILES string of the molecule is Cc1ccc(-n2c(O)c3nccnc3c2OC(=O)N2CCN(C)CC2)nn1. The van der Waals surface area contributed by atoms with Crippen LogP contribution in [0.25, 0.3) is 16.9 Å². The summed E-state index contributed by atoms with van der Waals surface area (Å²) < 4.78 is 6.94. The summed E-state index contributed by atoms with van der Waals surface area (Å²) in [5.74, 6) is 0.161. The maximum absolute atomic E-state index is 12.7. The number of likely N-dealkylation sites (N-methyl/N-ethyl adjacent to an activating group) is 1. The van der Waals surface area contributed by atoms with Crippen LogP contribution in [0.5, 0.6) is 11.8 Å². The molecule has 0 aliphatic carbocycles. The lowest BCUT2D eigenvalue weighted by atomic mass is 10.3. The van der Waals surface area contributed by atoms with Crippen molar-refractivity contribution in [3.8, 4) is 17.6 Å². The van der Waals surface area contributed by atoms with Gasteiger partial charge in [0.15, 0.2) is 16.9 Å². The van der Waals surface area contributed by atoms with Crippen molar-refractivity contribution in [2.24, 2.45) is 0 Å². The number of hydrogen-bond donors (Lipinski definition) is 1. The molecule has 3 aromatic heterocycles. The van der Waals surface area contributed by atoms with Crippen LogP contribution < -0.4 is 4.74 Å². The highest BCUT2D eigenvalue weighted by Gasteiger charge is 2.27. The molecule has 3 aromatic rings. The van der Waals surface area contributed by atoms with Gasteiger partial charge in [0, 0.05) is 38.6 Å². The van der Waals surface area contributed by atoms with E-state index in [1.807, 2.05) is 7.05 Å². The monoisotopic (exact) mass is 369 g/mol. The summed E-state index contributed by atoms with van der Waals surface area (Å²) in [6.45, 7) is 4.48. The van der Waals surface area contributed by atoms with Crippen molar-refractivity contribution in [2.45, 2.75) is 6.92 Å². The molecule has 0 radical (unpaired) electrons. The van der Waals surface area contributed by atoms with Crippen LogP contribution >= 0.6 is 0 Å². The number of carbonyl (C=O) groups is 1. The topological polar surface area (TPSA) is 110 Å². The Morgan fingerprint density at radius 2 is 1.78 bits per heavy atom.